The molecule has 0 radical (unpaired) electrons. The predicted molar refractivity (Wildman–Crippen MR) is 57.1 cm³/mol. The molecule has 2 N–H and O–H groups in total. The summed E-state index contributed by atoms with van der Waals surface area (Å²) in [6.07, 6.45) is -0.155. The van der Waals surface area contributed by atoms with E-state index in [-0.39, 0.29) is 12.3 Å². The summed E-state index contributed by atoms with van der Waals surface area (Å²) in [5.74, 6) is -1.16. The molecule has 6 heteroatoms. The molecule has 0 spiro atoms. The summed E-state index contributed by atoms with van der Waals surface area (Å²) in [5, 5.41) is 11.4. The van der Waals surface area contributed by atoms with Crippen LogP contribution in [0.5, 0.6) is 0 Å². The number of carboxylic acids is 1. The lowest BCUT2D eigenvalue weighted by atomic mass is 10.1. The number of nitrogens with one attached hydrogen (secondary N) is 1. The molecule has 1 aliphatic rings. The van der Waals surface area contributed by atoms with Gasteiger partial charge in [-0.3, -0.25) is 14.5 Å². The van der Waals surface area contributed by atoms with Gasteiger partial charge in [0.2, 0.25) is 5.91 Å². The lowest BCUT2D eigenvalue weighted by Gasteiger charge is -2.33. The lowest BCUT2D eigenvalue weighted by Crippen LogP contribution is -2.56. The average Bonchev–Trinajstić information content (AvgIpc) is 2.23. The first-order chi connectivity index (χ1) is 7.65. The van der Waals surface area contributed by atoms with E-state index in [0.29, 0.717) is 32.8 Å². The Bertz CT molecular complexity index is 257. The van der Waals surface area contributed by atoms with Crippen molar-refractivity contribution in [3.8, 4) is 0 Å². The number of carboxylic acid groups (broad SMARTS) is 1. The van der Waals surface area contributed by atoms with E-state index in [9.17, 15) is 9.59 Å². The van der Waals surface area contributed by atoms with E-state index in [1.165, 1.54) is 0 Å². The fraction of sp³-hybridized carbons (Fsp3) is 0.800. The predicted octanol–water partition coefficient (Wildman–Crippen LogP) is -0.702. The molecule has 0 aromatic carbocycles. The number of piperazine rings is 1. The lowest BCUT2D eigenvalue weighted by molar-refractivity contribution is -0.143. The largest absolute Gasteiger partial charge is 0.481 e. The zero-order chi connectivity index (χ0) is 12.0. The van der Waals surface area contributed by atoms with Crippen molar-refractivity contribution in [1.82, 2.24) is 10.2 Å². The molecule has 0 aliphatic carbocycles. The molecule has 16 heavy (non-hydrogen) atoms. The highest BCUT2D eigenvalue weighted by Crippen LogP contribution is 2.08. The quantitative estimate of drug-likeness (QED) is 0.590. The maximum atomic E-state index is 11.5. The number of aliphatic carboxylic acids is 1. The average molecular weight is 230 g/mol. The molecule has 1 atom stereocenters. The molecule has 1 amide bonds. The minimum Gasteiger partial charge on any atom is -0.481 e. The van der Waals surface area contributed by atoms with Gasteiger partial charge in [-0.05, 0) is 6.92 Å². The highest BCUT2D eigenvalue weighted by Gasteiger charge is 2.30. The van der Waals surface area contributed by atoms with Gasteiger partial charge in [0, 0.05) is 26.2 Å². The Morgan fingerprint density at radius 2 is 2.44 bits per heavy atom. The summed E-state index contributed by atoms with van der Waals surface area (Å²) < 4.78 is 5.20. The molecule has 1 unspecified atom stereocenters. The molecule has 1 saturated heterocycles. The van der Waals surface area contributed by atoms with Crippen molar-refractivity contribution in [3.63, 3.8) is 0 Å². The number of ether oxygens (including phenoxy) is 1. The second-order valence-electron chi connectivity index (χ2n) is 3.64. The molecule has 0 saturated carbocycles. The SMILES string of the molecule is CCOCCN1CCNC(=O)C1CC(=O)O. The van der Waals surface area contributed by atoms with Gasteiger partial charge in [-0.25, -0.2) is 0 Å². The van der Waals surface area contributed by atoms with Crippen molar-refractivity contribution in [3.05, 3.63) is 0 Å². The van der Waals surface area contributed by atoms with Gasteiger partial charge in [-0.2, -0.15) is 0 Å². The van der Waals surface area contributed by atoms with Gasteiger partial charge < -0.3 is 15.2 Å². The Hall–Kier alpha value is -1.14. The van der Waals surface area contributed by atoms with Crippen LogP contribution in [0.2, 0.25) is 0 Å². The van der Waals surface area contributed by atoms with Crippen LogP contribution in [-0.4, -0.2) is 60.8 Å². The van der Waals surface area contributed by atoms with Crippen LogP contribution in [0.25, 0.3) is 0 Å². The van der Waals surface area contributed by atoms with Gasteiger partial charge in [-0.1, -0.05) is 0 Å². The van der Waals surface area contributed by atoms with E-state index in [2.05, 4.69) is 5.32 Å². The third kappa shape index (κ3) is 3.79. The van der Waals surface area contributed by atoms with Crippen LogP contribution in [-0.2, 0) is 14.3 Å². The first kappa shape index (κ1) is 12.9. The van der Waals surface area contributed by atoms with Gasteiger partial charge in [0.1, 0.15) is 0 Å². The zero-order valence-electron chi connectivity index (χ0n) is 9.44. The normalized spacial score (nSPS) is 21.8. The molecule has 1 aliphatic heterocycles. The summed E-state index contributed by atoms with van der Waals surface area (Å²) >= 11 is 0. The molecule has 1 heterocycles. The van der Waals surface area contributed by atoms with Gasteiger partial charge in [-0.15, -0.1) is 0 Å². The van der Waals surface area contributed by atoms with Crippen LogP contribution in [0.15, 0.2) is 0 Å². The zero-order valence-corrected chi connectivity index (χ0v) is 9.44. The maximum Gasteiger partial charge on any atom is 0.305 e. The monoisotopic (exact) mass is 230 g/mol. The second kappa shape index (κ2) is 6.44. The van der Waals surface area contributed by atoms with Crippen LogP contribution in [0, 0.1) is 0 Å². The van der Waals surface area contributed by atoms with Crippen molar-refractivity contribution in [2.24, 2.45) is 0 Å². The second-order valence-corrected chi connectivity index (χ2v) is 3.64. The van der Waals surface area contributed by atoms with Crippen LogP contribution in [0.3, 0.4) is 0 Å². The summed E-state index contributed by atoms with van der Waals surface area (Å²) in [6.45, 7) is 4.90. The third-order valence-corrected chi connectivity index (χ3v) is 2.54. The Morgan fingerprint density at radius 3 is 3.06 bits per heavy atom. The minimum atomic E-state index is -0.955. The fourth-order valence-electron chi connectivity index (χ4n) is 1.74. The molecule has 1 rings (SSSR count). The fourth-order valence-corrected chi connectivity index (χ4v) is 1.74. The highest BCUT2D eigenvalue weighted by atomic mass is 16.5. The number of carbonyl (C=O) groups excluding carboxylic acids is 1. The Kier molecular flexibility index (Phi) is 5.21. The number of hydrogen-bond donors (Lipinski definition) is 2. The Balaban J connectivity index is 2.49. The summed E-state index contributed by atoms with van der Waals surface area (Å²) in [7, 11) is 0. The first-order valence-corrected chi connectivity index (χ1v) is 5.46. The van der Waals surface area contributed by atoms with E-state index >= 15 is 0 Å². The summed E-state index contributed by atoms with van der Waals surface area (Å²) in [5.41, 5.74) is 0. The van der Waals surface area contributed by atoms with Gasteiger partial charge in [0.05, 0.1) is 19.1 Å². The van der Waals surface area contributed by atoms with Crippen molar-refractivity contribution in [2.45, 2.75) is 19.4 Å². The summed E-state index contributed by atoms with van der Waals surface area (Å²) in [4.78, 5) is 24.0. The van der Waals surface area contributed by atoms with Gasteiger partial charge >= 0.3 is 5.97 Å². The van der Waals surface area contributed by atoms with Gasteiger partial charge in [0.25, 0.3) is 0 Å². The third-order valence-electron chi connectivity index (χ3n) is 2.54. The standard InChI is InChI=1S/C10H18N2O4/c1-2-16-6-5-12-4-3-11-10(15)8(12)7-9(13)14/h8H,2-7H2,1H3,(H,11,15)(H,13,14). The van der Waals surface area contributed by atoms with Gasteiger partial charge in [0.15, 0.2) is 0 Å². The molecule has 6 nitrogen and oxygen atoms in total. The van der Waals surface area contributed by atoms with E-state index in [0.717, 1.165) is 0 Å². The Morgan fingerprint density at radius 1 is 1.69 bits per heavy atom. The van der Waals surface area contributed by atoms with Crippen LogP contribution < -0.4 is 5.32 Å². The number of hydrogen-bond acceptors (Lipinski definition) is 4. The number of nitrogens with zero attached hydrogens (tertiary/aromatic N) is 1. The van der Waals surface area contributed by atoms with Crippen LogP contribution in [0.4, 0.5) is 0 Å². The van der Waals surface area contributed by atoms with E-state index in [1.807, 2.05) is 11.8 Å². The molecule has 1 fully saturated rings. The number of amides is 1. The van der Waals surface area contributed by atoms with Crippen molar-refractivity contribution in [1.29, 1.82) is 0 Å². The molecular weight excluding hydrogens is 212 g/mol. The molecular formula is C10H18N2O4. The van der Waals surface area contributed by atoms with E-state index in [1.54, 1.807) is 0 Å². The van der Waals surface area contributed by atoms with E-state index < -0.39 is 12.0 Å². The number of rotatable bonds is 6. The molecule has 0 bridgehead atoms. The van der Waals surface area contributed by atoms with Crippen molar-refractivity contribution < 1.29 is 19.4 Å². The molecule has 0 aromatic rings. The highest BCUT2D eigenvalue weighted by molar-refractivity contribution is 5.86. The number of carbonyl (C=O) groups is 2. The molecule has 0 aromatic heterocycles. The molecule has 92 valence electrons. The maximum absolute atomic E-state index is 11.5. The topological polar surface area (TPSA) is 78.9 Å². The Labute approximate surface area is 94.6 Å². The smallest absolute Gasteiger partial charge is 0.305 e. The minimum absolute atomic E-state index is 0.155. The summed E-state index contributed by atoms with van der Waals surface area (Å²) in [6, 6.07) is -0.563. The van der Waals surface area contributed by atoms with Crippen molar-refractivity contribution >= 4 is 11.9 Å². The van der Waals surface area contributed by atoms with Crippen LogP contribution in [0.1, 0.15) is 13.3 Å². The van der Waals surface area contributed by atoms with Crippen LogP contribution >= 0.6 is 0 Å². The first-order valence-electron chi connectivity index (χ1n) is 5.46. The van der Waals surface area contributed by atoms with E-state index in [4.69, 9.17) is 9.84 Å². The van der Waals surface area contributed by atoms with Crippen molar-refractivity contribution in [2.75, 3.05) is 32.8 Å².